The number of hydrogen-bond donors (Lipinski definition) is 2. The molecule has 2 heterocycles. The minimum Gasteiger partial charge on any atom is -0.343 e. The van der Waals surface area contributed by atoms with Crippen LogP contribution in [0.5, 0.6) is 0 Å². The van der Waals surface area contributed by atoms with Crippen molar-refractivity contribution < 1.29 is 4.79 Å². The summed E-state index contributed by atoms with van der Waals surface area (Å²) in [5.74, 6) is -0.237. The molecule has 2 aromatic heterocycles. The highest BCUT2D eigenvalue weighted by Crippen LogP contribution is 2.23. The van der Waals surface area contributed by atoms with Gasteiger partial charge in [0.05, 0.1) is 17.4 Å². The first-order valence-corrected chi connectivity index (χ1v) is 6.38. The van der Waals surface area contributed by atoms with E-state index in [0.717, 1.165) is 11.1 Å². The van der Waals surface area contributed by atoms with Crippen molar-refractivity contribution in [1.82, 2.24) is 15.0 Å². The summed E-state index contributed by atoms with van der Waals surface area (Å²) >= 11 is 6.03. The van der Waals surface area contributed by atoms with Crippen molar-refractivity contribution in [3.63, 3.8) is 0 Å². The van der Waals surface area contributed by atoms with Gasteiger partial charge in [0.15, 0.2) is 5.65 Å². The van der Waals surface area contributed by atoms with E-state index < -0.39 is 0 Å². The number of aromatic amines is 1. The number of amides is 1. The molecule has 3 rings (SSSR count). The zero-order valence-corrected chi connectivity index (χ0v) is 11.4. The molecule has 0 fully saturated rings. The maximum Gasteiger partial charge on any atom is 0.257 e. The number of pyridine rings is 1. The summed E-state index contributed by atoms with van der Waals surface area (Å²) in [5, 5.41) is 3.44. The second-order valence-corrected chi connectivity index (χ2v) is 4.77. The molecule has 0 radical (unpaired) electrons. The van der Waals surface area contributed by atoms with Gasteiger partial charge in [0.1, 0.15) is 0 Å². The highest BCUT2D eigenvalue weighted by molar-refractivity contribution is 6.31. The molecule has 100 valence electrons. The second kappa shape index (κ2) is 4.94. The highest BCUT2D eigenvalue weighted by Gasteiger charge is 2.10. The van der Waals surface area contributed by atoms with Gasteiger partial charge in [-0.25, -0.2) is 9.97 Å². The van der Waals surface area contributed by atoms with Crippen LogP contribution in [0.3, 0.4) is 0 Å². The number of anilines is 1. The van der Waals surface area contributed by atoms with Crippen LogP contribution in [0.1, 0.15) is 15.9 Å². The lowest BCUT2D eigenvalue weighted by atomic mass is 10.2. The van der Waals surface area contributed by atoms with Gasteiger partial charge in [0.2, 0.25) is 0 Å². The number of halogens is 1. The van der Waals surface area contributed by atoms with E-state index in [1.54, 1.807) is 30.6 Å². The fraction of sp³-hybridized carbons (Fsp3) is 0.0714. The number of carbonyl (C=O) groups is 1. The molecule has 0 aliphatic heterocycles. The molecule has 20 heavy (non-hydrogen) atoms. The first-order valence-electron chi connectivity index (χ1n) is 6.01. The Balaban J connectivity index is 1.90. The predicted molar refractivity (Wildman–Crippen MR) is 78.0 cm³/mol. The Morgan fingerprint density at radius 3 is 3.05 bits per heavy atom. The van der Waals surface area contributed by atoms with Crippen molar-refractivity contribution >= 4 is 34.4 Å². The summed E-state index contributed by atoms with van der Waals surface area (Å²) in [5.41, 5.74) is 3.28. The first kappa shape index (κ1) is 12.6. The third-order valence-electron chi connectivity index (χ3n) is 3.05. The topological polar surface area (TPSA) is 70.7 Å². The molecule has 1 aromatic carbocycles. The zero-order chi connectivity index (χ0) is 14.1. The van der Waals surface area contributed by atoms with Crippen LogP contribution < -0.4 is 5.32 Å². The molecule has 1 amide bonds. The number of H-pyrrole nitrogens is 1. The Labute approximate surface area is 120 Å². The summed E-state index contributed by atoms with van der Waals surface area (Å²) < 4.78 is 0. The molecule has 0 saturated carbocycles. The van der Waals surface area contributed by atoms with Crippen LogP contribution in [0.2, 0.25) is 5.02 Å². The maximum atomic E-state index is 12.2. The number of imidazole rings is 1. The van der Waals surface area contributed by atoms with Gasteiger partial charge < -0.3 is 10.3 Å². The summed E-state index contributed by atoms with van der Waals surface area (Å²) in [7, 11) is 0. The molecular weight excluding hydrogens is 276 g/mol. The maximum absolute atomic E-state index is 12.2. The third kappa shape index (κ3) is 2.23. The smallest absolute Gasteiger partial charge is 0.257 e. The number of nitrogens with zero attached hydrogens (tertiary/aromatic N) is 2. The van der Waals surface area contributed by atoms with E-state index in [-0.39, 0.29) is 5.91 Å². The van der Waals surface area contributed by atoms with Gasteiger partial charge in [-0.2, -0.15) is 0 Å². The minimum atomic E-state index is -0.237. The molecule has 2 N–H and O–H groups in total. The number of aromatic nitrogens is 3. The lowest BCUT2D eigenvalue weighted by molar-refractivity contribution is 0.102. The Hall–Kier alpha value is -2.40. The van der Waals surface area contributed by atoms with Crippen LogP contribution in [-0.4, -0.2) is 20.9 Å². The van der Waals surface area contributed by atoms with Gasteiger partial charge in [-0.15, -0.1) is 0 Å². The fourth-order valence-corrected chi connectivity index (χ4v) is 2.07. The van der Waals surface area contributed by atoms with E-state index in [9.17, 15) is 4.79 Å². The van der Waals surface area contributed by atoms with E-state index >= 15 is 0 Å². The van der Waals surface area contributed by atoms with E-state index in [4.69, 9.17) is 11.6 Å². The standard InChI is InChI=1S/C14H11ClN4O/c1-8-10(15)3-2-4-11(8)19-14(20)9-5-12-13(16-6-9)18-7-17-12/h2-7H,1H3,(H,19,20)(H,16,17,18). The first-order chi connectivity index (χ1) is 9.65. The van der Waals surface area contributed by atoms with Gasteiger partial charge in [-0.05, 0) is 30.7 Å². The quantitative estimate of drug-likeness (QED) is 0.760. The zero-order valence-electron chi connectivity index (χ0n) is 10.6. The molecule has 5 nitrogen and oxygen atoms in total. The lowest BCUT2D eigenvalue weighted by Crippen LogP contribution is -2.13. The SMILES string of the molecule is Cc1c(Cl)cccc1NC(=O)c1cnc2nc[nH]c2c1. The fourth-order valence-electron chi connectivity index (χ4n) is 1.89. The van der Waals surface area contributed by atoms with Crippen molar-refractivity contribution in [2.24, 2.45) is 0 Å². The average molecular weight is 287 g/mol. The van der Waals surface area contributed by atoms with Gasteiger partial charge in [0, 0.05) is 16.9 Å². The van der Waals surface area contributed by atoms with Gasteiger partial charge in [-0.1, -0.05) is 17.7 Å². The van der Waals surface area contributed by atoms with Crippen molar-refractivity contribution in [1.29, 1.82) is 0 Å². The molecule has 0 bridgehead atoms. The van der Waals surface area contributed by atoms with Gasteiger partial charge in [0.25, 0.3) is 5.91 Å². The average Bonchev–Trinajstić information content (AvgIpc) is 2.91. The monoisotopic (exact) mass is 286 g/mol. The summed E-state index contributed by atoms with van der Waals surface area (Å²) in [6.45, 7) is 1.86. The third-order valence-corrected chi connectivity index (χ3v) is 3.46. The highest BCUT2D eigenvalue weighted by atomic mass is 35.5. The lowest BCUT2D eigenvalue weighted by Gasteiger charge is -2.09. The van der Waals surface area contributed by atoms with Crippen LogP contribution in [0, 0.1) is 6.92 Å². The largest absolute Gasteiger partial charge is 0.343 e. The molecule has 0 aliphatic carbocycles. The number of fused-ring (bicyclic) bond motifs is 1. The molecule has 0 atom stereocenters. The van der Waals surface area contributed by atoms with Crippen molar-refractivity contribution in [3.05, 3.63) is 52.9 Å². The van der Waals surface area contributed by atoms with E-state index in [0.29, 0.717) is 21.9 Å². The van der Waals surface area contributed by atoms with E-state index in [1.165, 1.54) is 6.20 Å². The molecule has 0 saturated heterocycles. The van der Waals surface area contributed by atoms with E-state index in [1.807, 2.05) is 6.92 Å². The number of nitrogens with one attached hydrogen (secondary N) is 2. The van der Waals surface area contributed by atoms with Crippen molar-refractivity contribution in [2.75, 3.05) is 5.32 Å². The predicted octanol–water partition coefficient (Wildman–Crippen LogP) is 3.17. The van der Waals surface area contributed by atoms with Crippen LogP contribution >= 0.6 is 11.6 Å². The van der Waals surface area contributed by atoms with Crippen LogP contribution in [0.15, 0.2) is 36.8 Å². The van der Waals surface area contributed by atoms with Crippen LogP contribution in [-0.2, 0) is 0 Å². The molecule has 6 heteroatoms. The molecule has 0 aliphatic rings. The van der Waals surface area contributed by atoms with Gasteiger partial charge >= 0.3 is 0 Å². The molecule has 0 unspecified atom stereocenters. The molecule has 0 spiro atoms. The summed E-state index contributed by atoms with van der Waals surface area (Å²) in [6, 6.07) is 7.10. The Kier molecular flexibility index (Phi) is 3.12. The number of rotatable bonds is 2. The summed E-state index contributed by atoms with van der Waals surface area (Å²) in [4.78, 5) is 23.3. The Morgan fingerprint density at radius 1 is 1.35 bits per heavy atom. The minimum absolute atomic E-state index is 0.237. The van der Waals surface area contributed by atoms with Crippen LogP contribution in [0.25, 0.3) is 11.2 Å². The van der Waals surface area contributed by atoms with Crippen molar-refractivity contribution in [3.8, 4) is 0 Å². The number of hydrogen-bond acceptors (Lipinski definition) is 3. The van der Waals surface area contributed by atoms with Crippen molar-refractivity contribution in [2.45, 2.75) is 6.92 Å². The number of benzene rings is 1. The Morgan fingerprint density at radius 2 is 2.20 bits per heavy atom. The Bertz CT molecular complexity index is 797. The van der Waals surface area contributed by atoms with Gasteiger partial charge in [-0.3, -0.25) is 4.79 Å². The van der Waals surface area contributed by atoms with Crippen LogP contribution in [0.4, 0.5) is 5.69 Å². The second-order valence-electron chi connectivity index (χ2n) is 4.36. The molecular formula is C14H11ClN4O. The normalized spacial score (nSPS) is 10.7. The summed E-state index contributed by atoms with van der Waals surface area (Å²) in [6.07, 6.45) is 3.04. The van der Waals surface area contributed by atoms with E-state index in [2.05, 4.69) is 20.3 Å². The molecule has 3 aromatic rings. The number of carbonyl (C=O) groups excluding carboxylic acids is 1.